The fourth-order valence-electron chi connectivity index (χ4n) is 2.21. The Balaban J connectivity index is 0.000000802. The molecule has 0 radical (unpaired) electrons. The van der Waals surface area contributed by atoms with Crippen molar-refractivity contribution in [3.05, 3.63) is 35.9 Å². The molecule has 1 aromatic rings. The second-order valence-corrected chi connectivity index (χ2v) is 9.79. The van der Waals surface area contributed by atoms with Gasteiger partial charge >= 0.3 is 18.3 Å². The predicted octanol–water partition coefficient (Wildman–Crippen LogP) is 1.63. The summed E-state index contributed by atoms with van der Waals surface area (Å²) in [6.07, 6.45) is -1.80. The van der Waals surface area contributed by atoms with Gasteiger partial charge in [0.2, 0.25) is 0 Å². The molecule has 0 saturated heterocycles. The van der Waals surface area contributed by atoms with Crippen LogP contribution in [0.4, 0.5) is 14.4 Å². The van der Waals surface area contributed by atoms with Gasteiger partial charge in [0.15, 0.2) is 0 Å². The Morgan fingerprint density at radius 3 is 1.78 bits per heavy atom. The highest BCUT2D eigenvalue weighted by molar-refractivity contribution is 5.69. The lowest BCUT2D eigenvalue weighted by molar-refractivity contribution is 0.0506. The molecule has 0 fully saturated rings. The van der Waals surface area contributed by atoms with E-state index in [9.17, 15) is 19.5 Å². The number of rotatable bonds is 9. The summed E-state index contributed by atoms with van der Waals surface area (Å²) in [5.41, 5.74) is 5.10. The van der Waals surface area contributed by atoms with E-state index in [2.05, 4.69) is 16.0 Å². The molecule has 206 valence electrons. The minimum Gasteiger partial charge on any atom is -0.445 e. The van der Waals surface area contributed by atoms with Crippen molar-refractivity contribution in [2.45, 2.75) is 71.4 Å². The highest BCUT2D eigenvalue weighted by atomic mass is 16.6. The van der Waals surface area contributed by atoms with E-state index < -0.39 is 41.6 Å². The van der Waals surface area contributed by atoms with Gasteiger partial charge in [0, 0.05) is 19.1 Å². The Labute approximate surface area is 212 Å². The van der Waals surface area contributed by atoms with Gasteiger partial charge in [-0.05, 0) is 47.1 Å². The summed E-state index contributed by atoms with van der Waals surface area (Å²) in [6.45, 7) is 10.4. The van der Waals surface area contributed by atoms with Crippen LogP contribution >= 0.6 is 0 Å². The third-order valence-corrected chi connectivity index (χ3v) is 3.79. The number of ether oxygens (including phenoxy) is 3. The molecule has 0 aliphatic rings. The van der Waals surface area contributed by atoms with E-state index in [-0.39, 0.29) is 32.9 Å². The average Bonchev–Trinajstić information content (AvgIpc) is 2.77. The minimum atomic E-state index is -0.668. The highest BCUT2D eigenvalue weighted by Crippen LogP contribution is 2.07. The van der Waals surface area contributed by atoms with E-state index in [0.29, 0.717) is 0 Å². The SMILES string of the molecule is CC(C)(C)OC(=O)NC[C@@H](N)CO.CC(C)(C)OC(=O)NC[C@H](CO)NC(=O)OCc1ccccc1. The Hall–Kier alpha value is -3.09. The Bertz CT molecular complexity index is 779. The quantitative estimate of drug-likeness (QED) is 0.267. The standard InChI is InChI=1S/C16H24N2O5.C8H18N2O3/c1-16(2,3)23-14(20)17-9-13(10-19)18-15(21)22-11-12-7-5-4-6-8-12;1-8(2,3)13-7(12)10-4-6(9)5-11/h4-8,13,19H,9-11H2,1-3H3,(H,17,20)(H,18,21);6,11H,4-5,9H2,1-3H3,(H,10,12)/t13-;6-/m11/s1. The fourth-order valence-corrected chi connectivity index (χ4v) is 2.21. The number of aliphatic hydroxyl groups is 2. The summed E-state index contributed by atoms with van der Waals surface area (Å²) >= 11 is 0. The van der Waals surface area contributed by atoms with Gasteiger partial charge in [-0.2, -0.15) is 0 Å². The summed E-state index contributed by atoms with van der Waals surface area (Å²) in [7, 11) is 0. The lowest BCUT2D eigenvalue weighted by atomic mass is 10.2. The van der Waals surface area contributed by atoms with Crippen LogP contribution in [-0.2, 0) is 20.8 Å². The average molecular weight is 515 g/mol. The molecule has 0 aliphatic heterocycles. The van der Waals surface area contributed by atoms with E-state index in [1.165, 1.54) is 0 Å². The van der Waals surface area contributed by atoms with Gasteiger partial charge in [-0.25, -0.2) is 14.4 Å². The number of carbonyl (C=O) groups is 3. The molecule has 1 rings (SSSR count). The van der Waals surface area contributed by atoms with Gasteiger partial charge in [-0.3, -0.25) is 0 Å². The molecule has 0 spiro atoms. The van der Waals surface area contributed by atoms with Crippen molar-refractivity contribution in [1.29, 1.82) is 0 Å². The number of benzene rings is 1. The summed E-state index contributed by atoms with van der Waals surface area (Å²) in [5.74, 6) is 0. The first kappa shape index (κ1) is 32.9. The van der Waals surface area contributed by atoms with Crippen molar-refractivity contribution in [3.63, 3.8) is 0 Å². The predicted molar refractivity (Wildman–Crippen MR) is 134 cm³/mol. The van der Waals surface area contributed by atoms with Gasteiger partial charge < -0.3 is 46.1 Å². The van der Waals surface area contributed by atoms with Crippen LogP contribution in [0.25, 0.3) is 0 Å². The summed E-state index contributed by atoms with van der Waals surface area (Å²) in [4.78, 5) is 34.2. The van der Waals surface area contributed by atoms with Crippen LogP contribution in [0.1, 0.15) is 47.1 Å². The summed E-state index contributed by atoms with van der Waals surface area (Å²) in [5, 5.41) is 25.2. The van der Waals surface area contributed by atoms with E-state index in [4.69, 9.17) is 25.1 Å². The van der Waals surface area contributed by atoms with Crippen LogP contribution < -0.4 is 21.7 Å². The molecule has 0 aliphatic carbocycles. The molecule has 36 heavy (non-hydrogen) atoms. The summed E-state index contributed by atoms with van der Waals surface area (Å²) in [6, 6.07) is 8.13. The third-order valence-electron chi connectivity index (χ3n) is 3.79. The second kappa shape index (κ2) is 16.6. The number of hydrogen-bond donors (Lipinski definition) is 6. The smallest absolute Gasteiger partial charge is 0.407 e. The van der Waals surface area contributed by atoms with Crippen LogP contribution in [0, 0.1) is 0 Å². The highest BCUT2D eigenvalue weighted by Gasteiger charge is 2.19. The van der Waals surface area contributed by atoms with Crippen LogP contribution in [0.5, 0.6) is 0 Å². The molecule has 0 saturated carbocycles. The molecular weight excluding hydrogens is 472 g/mol. The van der Waals surface area contributed by atoms with Crippen LogP contribution in [0.2, 0.25) is 0 Å². The molecule has 7 N–H and O–H groups in total. The Kier molecular flexibility index (Phi) is 15.1. The van der Waals surface area contributed by atoms with Gasteiger partial charge in [-0.15, -0.1) is 0 Å². The molecule has 0 bridgehead atoms. The van der Waals surface area contributed by atoms with Crippen LogP contribution in [-0.4, -0.2) is 78.1 Å². The number of carbonyl (C=O) groups excluding carboxylic acids is 3. The van der Waals surface area contributed by atoms with Crippen molar-refractivity contribution >= 4 is 18.3 Å². The molecule has 12 heteroatoms. The van der Waals surface area contributed by atoms with Crippen molar-refractivity contribution in [1.82, 2.24) is 16.0 Å². The Morgan fingerprint density at radius 2 is 1.33 bits per heavy atom. The number of amides is 3. The lowest BCUT2D eigenvalue weighted by Crippen LogP contribution is -2.46. The topological polar surface area (TPSA) is 181 Å². The monoisotopic (exact) mass is 514 g/mol. The maximum atomic E-state index is 11.7. The first-order valence-corrected chi connectivity index (χ1v) is 11.5. The third kappa shape index (κ3) is 19.2. The zero-order valence-electron chi connectivity index (χ0n) is 22.0. The zero-order valence-corrected chi connectivity index (χ0v) is 22.0. The fraction of sp³-hybridized carbons (Fsp3) is 0.625. The first-order chi connectivity index (χ1) is 16.6. The van der Waals surface area contributed by atoms with Crippen molar-refractivity contribution < 1.29 is 38.8 Å². The van der Waals surface area contributed by atoms with Gasteiger partial charge in [0.1, 0.15) is 17.8 Å². The van der Waals surface area contributed by atoms with E-state index in [0.717, 1.165) is 5.56 Å². The Morgan fingerprint density at radius 1 is 0.833 bits per heavy atom. The van der Waals surface area contributed by atoms with Crippen molar-refractivity contribution in [2.75, 3.05) is 26.3 Å². The van der Waals surface area contributed by atoms with E-state index in [1.807, 2.05) is 30.3 Å². The summed E-state index contributed by atoms with van der Waals surface area (Å²) < 4.78 is 15.1. The molecule has 0 unspecified atom stereocenters. The lowest BCUT2D eigenvalue weighted by Gasteiger charge is -2.21. The molecule has 0 heterocycles. The van der Waals surface area contributed by atoms with Crippen molar-refractivity contribution in [3.8, 4) is 0 Å². The second-order valence-electron chi connectivity index (χ2n) is 9.79. The maximum absolute atomic E-state index is 11.7. The number of hydrogen-bond acceptors (Lipinski definition) is 9. The maximum Gasteiger partial charge on any atom is 0.407 e. The molecule has 0 aromatic heterocycles. The molecular formula is C24H42N4O8. The van der Waals surface area contributed by atoms with E-state index in [1.54, 1.807) is 41.5 Å². The number of alkyl carbamates (subject to hydrolysis) is 3. The largest absolute Gasteiger partial charge is 0.445 e. The van der Waals surface area contributed by atoms with Crippen molar-refractivity contribution in [2.24, 2.45) is 5.73 Å². The number of aliphatic hydroxyl groups excluding tert-OH is 2. The number of nitrogens with two attached hydrogens (primary N) is 1. The molecule has 3 amide bonds. The molecule has 12 nitrogen and oxygen atoms in total. The normalized spacial score (nSPS) is 12.7. The van der Waals surface area contributed by atoms with Gasteiger partial charge in [-0.1, -0.05) is 30.3 Å². The number of nitrogens with one attached hydrogen (secondary N) is 3. The van der Waals surface area contributed by atoms with Gasteiger partial charge in [0.25, 0.3) is 0 Å². The van der Waals surface area contributed by atoms with Crippen LogP contribution in [0.3, 0.4) is 0 Å². The van der Waals surface area contributed by atoms with Gasteiger partial charge in [0.05, 0.1) is 19.3 Å². The zero-order chi connectivity index (χ0) is 27.8. The first-order valence-electron chi connectivity index (χ1n) is 11.5. The molecule has 2 atom stereocenters. The van der Waals surface area contributed by atoms with Crippen LogP contribution in [0.15, 0.2) is 30.3 Å². The minimum absolute atomic E-state index is 0.0336. The van der Waals surface area contributed by atoms with E-state index >= 15 is 0 Å². The molecule has 1 aromatic carbocycles.